The Morgan fingerprint density at radius 1 is 0.808 bits per heavy atom. The molecule has 0 amide bonds. The highest BCUT2D eigenvalue weighted by Gasteiger charge is 2.20. The van der Waals surface area contributed by atoms with Crippen LogP contribution in [0.5, 0.6) is 0 Å². The van der Waals surface area contributed by atoms with E-state index >= 15 is 0 Å². The maximum absolute atomic E-state index is 13.1. The third-order valence-electron chi connectivity index (χ3n) is 4.35. The smallest absolute Gasteiger partial charge is 0.213 e. The van der Waals surface area contributed by atoms with Crippen molar-refractivity contribution in [3.05, 3.63) is 108 Å². The number of rotatable bonds is 4. The summed E-state index contributed by atoms with van der Waals surface area (Å²) in [5.74, 6) is -0.0738. The summed E-state index contributed by atoms with van der Waals surface area (Å²) in [6.07, 6.45) is 1.93. The lowest BCUT2D eigenvalue weighted by Gasteiger charge is -2.02. The van der Waals surface area contributed by atoms with Crippen LogP contribution in [0.2, 0.25) is 0 Å². The zero-order valence-corrected chi connectivity index (χ0v) is 14.5. The first-order valence-corrected chi connectivity index (χ1v) is 8.54. The summed E-state index contributed by atoms with van der Waals surface area (Å²) in [5, 5.41) is 4.63. The van der Waals surface area contributed by atoms with Gasteiger partial charge in [-0.3, -0.25) is 4.79 Å². The molecule has 3 aromatic carbocycles. The van der Waals surface area contributed by atoms with Gasteiger partial charge in [-0.2, -0.15) is 5.10 Å². The van der Waals surface area contributed by atoms with Gasteiger partial charge in [0.15, 0.2) is 0 Å². The summed E-state index contributed by atoms with van der Waals surface area (Å²) in [6.45, 7) is 2.05. The first kappa shape index (κ1) is 16.0. The lowest BCUT2D eigenvalue weighted by molar-refractivity contribution is 0.103. The molecule has 1 heterocycles. The monoisotopic (exact) mass is 338 g/mol. The molecule has 0 N–H and O–H groups in total. The maximum Gasteiger partial charge on any atom is 0.213 e. The summed E-state index contributed by atoms with van der Waals surface area (Å²) < 4.78 is 1.78. The lowest BCUT2D eigenvalue weighted by Crippen LogP contribution is -2.05. The third kappa shape index (κ3) is 3.07. The second-order valence-corrected chi connectivity index (χ2v) is 6.23. The molecule has 126 valence electrons. The van der Waals surface area contributed by atoms with E-state index in [1.807, 2.05) is 98.0 Å². The van der Waals surface area contributed by atoms with Crippen molar-refractivity contribution in [1.82, 2.24) is 9.78 Å². The fourth-order valence-electron chi connectivity index (χ4n) is 2.93. The SMILES string of the molecule is Cc1ccc(-n2cc(-c3ccccc3)c(C(=O)c3ccccc3)n2)cc1. The van der Waals surface area contributed by atoms with Crippen molar-refractivity contribution in [3.63, 3.8) is 0 Å². The van der Waals surface area contributed by atoms with E-state index in [0.29, 0.717) is 11.3 Å². The molecule has 4 aromatic rings. The van der Waals surface area contributed by atoms with Crippen LogP contribution in [-0.4, -0.2) is 15.6 Å². The summed E-state index contributed by atoms with van der Waals surface area (Å²) in [6, 6.07) is 27.3. The molecule has 0 unspecified atom stereocenters. The largest absolute Gasteiger partial charge is 0.287 e. The van der Waals surface area contributed by atoms with Crippen molar-refractivity contribution in [2.75, 3.05) is 0 Å². The number of carbonyl (C=O) groups is 1. The molecule has 0 bridgehead atoms. The number of hydrogen-bond acceptors (Lipinski definition) is 2. The van der Waals surface area contributed by atoms with Gasteiger partial charge in [-0.05, 0) is 24.6 Å². The molecule has 1 aromatic heterocycles. The molecular formula is C23H18N2O. The predicted octanol–water partition coefficient (Wildman–Crippen LogP) is 5.08. The van der Waals surface area contributed by atoms with Crippen molar-refractivity contribution < 1.29 is 4.79 Å². The molecular weight excluding hydrogens is 320 g/mol. The first-order chi connectivity index (χ1) is 12.7. The molecule has 0 aliphatic heterocycles. The Balaban J connectivity index is 1.86. The van der Waals surface area contributed by atoms with Gasteiger partial charge in [-0.1, -0.05) is 78.4 Å². The average Bonchev–Trinajstić information content (AvgIpc) is 3.15. The van der Waals surface area contributed by atoms with E-state index in [0.717, 1.165) is 16.8 Å². The van der Waals surface area contributed by atoms with E-state index in [2.05, 4.69) is 5.10 Å². The number of ketones is 1. The van der Waals surface area contributed by atoms with E-state index in [-0.39, 0.29) is 5.78 Å². The Kier molecular flexibility index (Phi) is 4.20. The van der Waals surface area contributed by atoms with Gasteiger partial charge < -0.3 is 0 Å². The Bertz CT molecular complexity index is 1030. The summed E-state index contributed by atoms with van der Waals surface area (Å²) in [4.78, 5) is 13.1. The van der Waals surface area contributed by atoms with Gasteiger partial charge in [0.1, 0.15) is 5.69 Å². The first-order valence-electron chi connectivity index (χ1n) is 8.54. The van der Waals surface area contributed by atoms with Crippen molar-refractivity contribution in [2.45, 2.75) is 6.92 Å². The van der Waals surface area contributed by atoms with Crippen LogP contribution < -0.4 is 0 Å². The van der Waals surface area contributed by atoms with Gasteiger partial charge >= 0.3 is 0 Å². The molecule has 0 spiro atoms. The summed E-state index contributed by atoms with van der Waals surface area (Å²) in [5.41, 5.74) is 5.02. The van der Waals surface area contributed by atoms with E-state index in [1.165, 1.54) is 5.56 Å². The number of aromatic nitrogens is 2. The highest BCUT2D eigenvalue weighted by molar-refractivity contribution is 6.11. The number of nitrogens with zero attached hydrogens (tertiary/aromatic N) is 2. The number of hydrogen-bond donors (Lipinski definition) is 0. The van der Waals surface area contributed by atoms with Gasteiger partial charge in [0, 0.05) is 17.3 Å². The Morgan fingerprint density at radius 2 is 1.42 bits per heavy atom. The van der Waals surface area contributed by atoms with Gasteiger partial charge in [0.2, 0.25) is 5.78 Å². The highest BCUT2D eigenvalue weighted by atomic mass is 16.1. The van der Waals surface area contributed by atoms with Gasteiger partial charge in [-0.25, -0.2) is 4.68 Å². The van der Waals surface area contributed by atoms with Crippen LogP contribution in [0.1, 0.15) is 21.6 Å². The van der Waals surface area contributed by atoms with Crippen LogP contribution in [0, 0.1) is 6.92 Å². The number of aryl methyl sites for hydroxylation is 1. The minimum Gasteiger partial charge on any atom is -0.287 e. The molecule has 0 fully saturated rings. The third-order valence-corrected chi connectivity index (χ3v) is 4.35. The lowest BCUT2D eigenvalue weighted by atomic mass is 10.0. The van der Waals surface area contributed by atoms with Crippen LogP contribution in [0.3, 0.4) is 0 Å². The normalized spacial score (nSPS) is 10.7. The Labute approximate surface area is 152 Å². The molecule has 0 aliphatic rings. The van der Waals surface area contributed by atoms with Crippen molar-refractivity contribution in [3.8, 4) is 16.8 Å². The van der Waals surface area contributed by atoms with E-state index in [4.69, 9.17) is 0 Å². The number of benzene rings is 3. The second kappa shape index (κ2) is 6.81. The predicted molar refractivity (Wildman–Crippen MR) is 104 cm³/mol. The molecule has 3 heteroatoms. The molecule has 3 nitrogen and oxygen atoms in total. The molecule has 4 rings (SSSR count). The topological polar surface area (TPSA) is 34.9 Å². The summed E-state index contributed by atoms with van der Waals surface area (Å²) >= 11 is 0. The van der Waals surface area contributed by atoms with Crippen LogP contribution in [-0.2, 0) is 0 Å². The zero-order chi connectivity index (χ0) is 17.9. The van der Waals surface area contributed by atoms with Crippen molar-refractivity contribution in [1.29, 1.82) is 0 Å². The number of carbonyl (C=O) groups excluding carboxylic acids is 1. The van der Waals surface area contributed by atoms with Gasteiger partial charge in [0.25, 0.3) is 0 Å². The molecule has 0 radical (unpaired) electrons. The van der Waals surface area contributed by atoms with Crippen LogP contribution in [0.4, 0.5) is 0 Å². The molecule has 0 saturated carbocycles. The Morgan fingerprint density at radius 3 is 2.08 bits per heavy atom. The van der Waals surface area contributed by atoms with Crippen LogP contribution >= 0.6 is 0 Å². The fraction of sp³-hybridized carbons (Fsp3) is 0.0435. The maximum atomic E-state index is 13.1. The van der Waals surface area contributed by atoms with E-state index < -0.39 is 0 Å². The quantitative estimate of drug-likeness (QED) is 0.486. The van der Waals surface area contributed by atoms with Gasteiger partial charge in [-0.15, -0.1) is 0 Å². The van der Waals surface area contributed by atoms with Crippen molar-refractivity contribution >= 4 is 5.78 Å². The molecule has 0 aliphatic carbocycles. The average molecular weight is 338 g/mol. The fourth-order valence-corrected chi connectivity index (χ4v) is 2.93. The standard InChI is InChI=1S/C23H18N2O/c1-17-12-14-20(15-13-17)25-16-21(18-8-4-2-5-9-18)22(24-25)23(26)19-10-6-3-7-11-19/h2-16H,1H3. The van der Waals surface area contributed by atoms with Crippen molar-refractivity contribution in [2.24, 2.45) is 0 Å². The van der Waals surface area contributed by atoms with Crippen LogP contribution in [0.25, 0.3) is 16.8 Å². The molecule has 26 heavy (non-hydrogen) atoms. The molecule has 0 saturated heterocycles. The zero-order valence-electron chi connectivity index (χ0n) is 14.5. The van der Waals surface area contributed by atoms with E-state index in [9.17, 15) is 4.79 Å². The van der Waals surface area contributed by atoms with E-state index in [1.54, 1.807) is 4.68 Å². The van der Waals surface area contributed by atoms with Gasteiger partial charge in [0.05, 0.1) is 5.69 Å². The minimum absolute atomic E-state index is 0.0738. The minimum atomic E-state index is -0.0738. The van der Waals surface area contributed by atoms with Crippen LogP contribution in [0.15, 0.2) is 91.1 Å². The Hall–Kier alpha value is -3.46. The summed E-state index contributed by atoms with van der Waals surface area (Å²) in [7, 11) is 0. The highest BCUT2D eigenvalue weighted by Crippen LogP contribution is 2.26. The second-order valence-electron chi connectivity index (χ2n) is 6.23. The molecule has 0 atom stereocenters.